The normalized spacial score (nSPS) is 9.00. The third-order valence-corrected chi connectivity index (χ3v) is 0.802. The van der Waals surface area contributed by atoms with Crippen molar-refractivity contribution in [1.82, 2.24) is 20.2 Å². The zero-order valence-corrected chi connectivity index (χ0v) is 4.88. The SMILES string of the molecule is S=CCn1cnnn1. The molecule has 0 saturated heterocycles. The van der Waals surface area contributed by atoms with Gasteiger partial charge in [0.2, 0.25) is 0 Å². The van der Waals surface area contributed by atoms with E-state index < -0.39 is 0 Å². The van der Waals surface area contributed by atoms with Crippen LogP contribution in [0, 0.1) is 0 Å². The van der Waals surface area contributed by atoms with E-state index in [1.165, 1.54) is 6.33 Å². The van der Waals surface area contributed by atoms with Crippen molar-refractivity contribution in [1.29, 1.82) is 0 Å². The molecule has 0 radical (unpaired) electrons. The summed E-state index contributed by atoms with van der Waals surface area (Å²) in [6.45, 7) is 0.600. The number of aromatic nitrogens is 4. The highest BCUT2D eigenvalue weighted by atomic mass is 32.1. The molecule has 0 spiro atoms. The van der Waals surface area contributed by atoms with E-state index in [-0.39, 0.29) is 0 Å². The zero-order valence-electron chi connectivity index (χ0n) is 4.06. The molecule has 8 heavy (non-hydrogen) atoms. The van der Waals surface area contributed by atoms with Gasteiger partial charge in [-0.05, 0) is 10.4 Å². The first-order valence-electron chi connectivity index (χ1n) is 2.08. The highest BCUT2D eigenvalue weighted by Crippen LogP contribution is 1.71. The van der Waals surface area contributed by atoms with Crippen LogP contribution in [0.3, 0.4) is 0 Å². The van der Waals surface area contributed by atoms with Crippen LogP contribution in [0.1, 0.15) is 0 Å². The molecule has 0 atom stereocenters. The van der Waals surface area contributed by atoms with Gasteiger partial charge in [-0.3, -0.25) is 0 Å². The number of rotatable bonds is 2. The van der Waals surface area contributed by atoms with E-state index in [0.29, 0.717) is 6.54 Å². The van der Waals surface area contributed by atoms with Gasteiger partial charge in [0.1, 0.15) is 6.33 Å². The van der Waals surface area contributed by atoms with Crippen molar-refractivity contribution in [2.24, 2.45) is 0 Å². The first kappa shape index (κ1) is 5.30. The molecule has 0 saturated carbocycles. The third kappa shape index (κ3) is 1.06. The smallest absolute Gasteiger partial charge is 0.138 e. The Kier molecular flexibility index (Phi) is 1.63. The molecule has 0 N–H and O–H groups in total. The maximum absolute atomic E-state index is 4.56. The van der Waals surface area contributed by atoms with Gasteiger partial charge in [0.05, 0.1) is 6.54 Å². The van der Waals surface area contributed by atoms with Gasteiger partial charge >= 0.3 is 0 Å². The number of tetrazole rings is 1. The Hall–Kier alpha value is -0.840. The van der Waals surface area contributed by atoms with Crippen LogP contribution in [0.5, 0.6) is 0 Å². The molecule has 0 aliphatic heterocycles. The summed E-state index contributed by atoms with van der Waals surface area (Å²) >= 11 is 4.56. The molecule has 4 nitrogen and oxygen atoms in total. The van der Waals surface area contributed by atoms with Gasteiger partial charge in [0.25, 0.3) is 0 Å². The van der Waals surface area contributed by atoms with E-state index >= 15 is 0 Å². The van der Waals surface area contributed by atoms with E-state index in [0.717, 1.165) is 0 Å². The summed E-state index contributed by atoms with van der Waals surface area (Å²) in [6, 6.07) is 0. The van der Waals surface area contributed by atoms with E-state index in [1.54, 1.807) is 10.0 Å². The summed E-state index contributed by atoms with van der Waals surface area (Å²) in [5, 5.41) is 11.9. The summed E-state index contributed by atoms with van der Waals surface area (Å²) in [6.07, 6.45) is 1.52. The largest absolute Gasteiger partial charge is 0.228 e. The van der Waals surface area contributed by atoms with Crippen LogP contribution >= 0.6 is 12.2 Å². The molecule has 42 valence electrons. The minimum Gasteiger partial charge on any atom is -0.228 e. The Balaban J connectivity index is 2.62. The number of nitrogens with zero attached hydrogens (tertiary/aromatic N) is 4. The van der Waals surface area contributed by atoms with Crippen molar-refractivity contribution in [3.05, 3.63) is 6.33 Å². The topological polar surface area (TPSA) is 43.6 Å². The lowest BCUT2D eigenvalue weighted by molar-refractivity contribution is 0.686. The van der Waals surface area contributed by atoms with Gasteiger partial charge in [0, 0.05) is 5.37 Å². The predicted octanol–water partition coefficient (Wildman–Crippen LogP) is -0.327. The fourth-order valence-electron chi connectivity index (χ4n) is 0.340. The van der Waals surface area contributed by atoms with Crippen LogP contribution in [0.2, 0.25) is 0 Å². The number of hydrogen-bond donors (Lipinski definition) is 0. The molecule has 1 aromatic heterocycles. The molecule has 1 aromatic rings. The fourth-order valence-corrected chi connectivity index (χ4v) is 0.493. The average Bonchev–Trinajstić information content (AvgIpc) is 2.19. The lowest BCUT2D eigenvalue weighted by Crippen LogP contribution is -1.97. The summed E-state index contributed by atoms with van der Waals surface area (Å²) in [4.78, 5) is 0. The summed E-state index contributed by atoms with van der Waals surface area (Å²) in [5.74, 6) is 0. The fraction of sp³-hybridized carbons (Fsp3) is 0.333. The van der Waals surface area contributed by atoms with Gasteiger partial charge in [-0.2, -0.15) is 0 Å². The first-order valence-corrected chi connectivity index (χ1v) is 2.55. The standard InChI is InChI=1S/C3H4N4S/c8-2-1-7-3-4-5-6-7/h2-3H,1H2. The Labute approximate surface area is 51.5 Å². The summed E-state index contributed by atoms with van der Waals surface area (Å²) in [7, 11) is 0. The zero-order chi connectivity index (χ0) is 5.82. The van der Waals surface area contributed by atoms with E-state index in [1.807, 2.05) is 0 Å². The minimum atomic E-state index is 0.600. The second-order valence-corrected chi connectivity index (χ2v) is 1.53. The number of thiocarbonyl (C=S) groups is 1. The maximum Gasteiger partial charge on any atom is 0.138 e. The van der Waals surface area contributed by atoms with E-state index in [9.17, 15) is 0 Å². The molecule has 1 heterocycles. The first-order chi connectivity index (χ1) is 3.93. The van der Waals surface area contributed by atoms with Gasteiger partial charge in [-0.1, -0.05) is 12.2 Å². The van der Waals surface area contributed by atoms with Crippen LogP contribution in [0.15, 0.2) is 6.33 Å². The van der Waals surface area contributed by atoms with E-state index in [4.69, 9.17) is 0 Å². The van der Waals surface area contributed by atoms with Gasteiger partial charge in [-0.15, -0.1) is 5.10 Å². The Morgan fingerprint density at radius 3 is 3.12 bits per heavy atom. The van der Waals surface area contributed by atoms with Gasteiger partial charge in [-0.25, -0.2) is 4.68 Å². The molecule has 0 aliphatic carbocycles. The van der Waals surface area contributed by atoms with Crippen LogP contribution in [0.25, 0.3) is 0 Å². The van der Waals surface area contributed by atoms with Crippen LogP contribution in [-0.4, -0.2) is 25.6 Å². The van der Waals surface area contributed by atoms with Crippen LogP contribution < -0.4 is 0 Å². The molecule has 0 fully saturated rings. The van der Waals surface area contributed by atoms with Crippen molar-refractivity contribution >= 4 is 17.6 Å². The predicted molar refractivity (Wildman–Crippen MR) is 31.5 cm³/mol. The van der Waals surface area contributed by atoms with Crippen molar-refractivity contribution in [2.45, 2.75) is 6.54 Å². The van der Waals surface area contributed by atoms with E-state index in [2.05, 4.69) is 27.7 Å². The second kappa shape index (κ2) is 2.46. The third-order valence-electron chi connectivity index (χ3n) is 0.653. The Bertz CT molecular complexity index is 158. The van der Waals surface area contributed by atoms with Crippen molar-refractivity contribution in [3.8, 4) is 0 Å². The Morgan fingerprint density at radius 1 is 1.75 bits per heavy atom. The molecule has 0 aromatic carbocycles. The molecule has 0 aliphatic rings. The highest BCUT2D eigenvalue weighted by molar-refractivity contribution is 7.78. The molecule has 0 amide bonds. The lowest BCUT2D eigenvalue weighted by atomic mass is 10.8. The number of hydrogen-bond acceptors (Lipinski definition) is 4. The molecule has 0 bridgehead atoms. The Morgan fingerprint density at radius 2 is 2.62 bits per heavy atom. The molecular weight excluding hydrogens is 124 g/mol. The highest BCUT2D eigenvalue weighted by Gasteiger charge is 1.83. The average molecular weight is 128 g/mol. The minimum absolute atomic E-state index is 0.600. The van der Waals surface area contributed by atoms with Crippen LogP contribution in [-0.2, 0) is 6.54 Å². The molecular formula is C3H4N4S. The molecule has 5 heteroatoms. The lowest BCUT2D eigenvalue weighted by Gasteiger charge is -1.84. The van der Waals surface area contributed by atoms with Gasteiger partial charge < -0.3 is 0 Å². The van der Waals surface area contributed by atoms with Crippen molar-refractivity contribution < 1.29 is 0 Å². The van der Waals surface area contributed by atoms with Gasteiger partial charge in [0.15, 0.2) is 0 Å². The maximum atomic E-state index is 4.56. The monoisotopic (exact) mass is 128 g/mol. The quantitative estimate of drug-likeness (QED) is 0.512. The molecule has 1 rings (SSSR count). The summed E-state index contributed by atoms with van der Waals surface area (Å²) in [5.41, 5.74) is 0. The molecule has 0 unspecified atom stereocenters. The van der Waals surface area contributed by atoms with Crippen molar-refractivity contribution in [3.63, 3.8) is 0 Å². The summed E-state index contributed by atoms with van der Waals surface area (Å²) < 4.78 is 1.55. The van der Waals surface area contributed by atoms with Crippen LogP contribution in [0.4, 0.5) is 0 Å². The second-order valence-electron chi connectivity index (χ2n) is 1.20. The van der Waals surface area contributed by atoms with Crippen molar-refractivity contribution in [2.75, 3.05) is 0 Å².